The number of carbonyl (C=O) groups is 2. The van der Waals surface area contributed by atoms with Crippen molar-refractivity contribution >= 4 is 27.7 Å². The van der Waals surface area contributed by atoms with Gasteiger partial charge in [0, 0.05) is 42.1 Å². The van der Waals surface area contributed by atoms with Gasteiger partial charge in [0.15, 0.2) is 0 Å². The lowest BCUT2D eigenvalue weighted by molar-refractivity contribution is -0.134. The molecule has 21 heavy (non-hydrogen) atoms. The first-order chi connectivity index (χ1) is 10.1. The van der Waals surface area contributed by atoms with Gasteiger partial charge in [-0.25, -0.2) is 0 Å². The second kappa shape index (κ2) is 5.79. The average Bonchev–Trinajstić information content (AvgIpc) is 3.33. The second-order valence-electron chi connectivity index (χ2n) is 5.85. The molecule has 1 aliphatic heterocycles. The van der Waals surface area contributed by atoms with Gasteiger partial charge >= 0.3 is 0 Å². The number of hydrogen-bond acceptors (Lipinski definition) is 2. The van der Waals surface area contributed by atoms with Crippen LogP contribution in [0.3, 0.4) is 0 Å². The number of amides is 2. The van der Waals surface area contributed by atoms with Crippen molar-refractivity contribution in [3.8, 4) is 0 Å². The number of carbonyl (C=O) groups excluding carboxylic acids is 2. The molecule has 2 fully saturated rings. The standard InChI is InChI=1S/C16H19BrN2O2/c1-11-2-5-13(17)10-14(11)16(21)19-8-6-18(7-9-19)15(20)12-3-4-12/h2,5,10,12H,3-4,6-9H2,1H3. The molecular weight excluding hydrogens is 332 g/mol. The Kier molecular flexibility index (Phi) is 4.02. The Morgan fingerprint density at radius 3 is 2.33 bits per heavy atom. The van der Waals surface area contributed by atoms with Crippen LogP contribution in [-0.2, 0) is 4.79 Å². The molecule has 2 aliphatic rings. The summed E-state index contributed by atoms with van der Waals surface area (Å²) < 4.78 is 0.916. The topological polar surface area (TPSA) is 40.6 Å². The quantitative estimate of drug-likeness (QED) is 0.821. The largest absolute Gasteiger partial charge is 0.339 e. The van der Waals surface area contributed by atoms with Crippen LogP contribution in [0.2, 0.25) is 0 Å². The highest BCUT2D eigenvalue weighted by atomic mass is 79.9. The molecule has 4 nitrogen and oxygen atoms in total. The monoisotopic (exact) mass is 350 g/mol. The Hall–Kier alpha value is -1.36. The summed E-state index contributed by atoms with van der Waals surface area (Å²) in [5.41, 5.74) is 1.73. The Labute approximate surface area is 133 Å². The fourth-order valence-electron chi connectivity index (χ4n) is 2.71. The summed E-state index contributed by atoms with van der Waals surface area (Å²) in [6.07, 6.45) is 2.07. The van der Waals surface area contributed by atoms with Gasteiger partial charge in [0.1, 0.15) is 0 Å². The molecule has 1 heterocycles. The van der Waals surface area contributed by atoms with E-state index >= 15 is 0 Å². The molecule has 5 heteroatoms. The van der Waals surface area contributed by atoms with Gasteiger partial charge in [-0.1, -0.05) is 22.0 Å². The van der Waals surface area contributed by atoms with E-state index in [-0.39, 0.29) is 17.7 Å². The second-order valence-corrected chi connectivity index (χ2v) is 6.77. The van der Waals surface area contributed by atoms with Crippen LogP contribution in [0.25, 0.3) is 0 Å². The Morgan fingerprint density at radius 2 is 1.71 bits per heavy atom. The third-order valence-corrected chi connectivity index (χ3v) is 4.73. The molecule has 112 valence electrons. The highest BCUT2D eigenvalue weighted by molar-refractivity contribution is 9.10. The van der Waals surface area contributed by atoms with Gasteiger partial charge < -0.3 is 9.80 Å². The van der Waals surface area contributed by atoms with Crippen molar-refractivity contribution in [3.63, 3.8) is 0 Å². The fourth-order valence-corrected chi connectivity index (χ4v) is 3.07. The van der Waals surface area contributed by atoms with E-state index in [4.69, 9.17) is 0 Å². The summed E-state index contributed by atoms with van der Waals surface area (Å²) >= 11 is 3.42. The first-order valence-corrected chi connectivity index (χ1v) is 8.20. The predicted molar refractivity (Wildman–Crippen MR) is 84.1 cm³/mol. The molecule has 1 saturated carbocycles. The van der Waals surface area contributed by atoms with Crippen molar-refractivity contribution in [1.82, 2.24) is 9.80 Å². The Morgan fingerprint density at radius 1 is 1.10 bits per heavy atom. The zero-order valence-electron chi connectivity index (χ0n) is 12.1. The van der Waals surface area contributed by atoms with Gasteiger partial charge in [0.25, 0.3) is 5.91 Å². The first kappa shape index (κ1) is 14.6. The molecule has 1 aromatic rings. The van der Waals surface area contributed by atoms with Crippen LogP contribution < -0.4 is 0 Å². The molecule has 2 amide bonds. The van der Waals surface area contributed by atoms with Crippen molar-refractivity contribution in [2.75, 3.05) is 26.2 Å². The first-order valence-electron chi connectivity index (χ1n) is 7.40. The van der Waals surface area contributed by atoms with E-state index in [1.165, 1.54) is 0 Å². The highest BCUT2D eigenvalue weighted by Gasteiger charge is 2.35. The third kappa shape index (κ3) is 3.12. The van der Waals surface area contributed by atoms with Gasteiger partial charge in [-0.15, -0.1) is 0 Å². The zero-order chi connectivity index (χ0) is 15.0. The van der Waals surface area contributed by atoms with E-state index in [0.29, 0.717) is 26.2 Å². The number of rotatable bonds is 2. The minimum atomic E-state index is 0.0623. The van der Waals surface area contributed by atoms with Gasteiger partial charge in [0.05, 0.1) is 0 Å². The van der Waals surface area contributed by atoms with Crippen LogP contribution in [0.1, 0.15) is 28.8 Å². The SMILES string of the molecule is Cc1ccc(Br)cc1C(=O)N1CCN(C(=O)C2CC2)CC1. The molecule has 1 saturated heterocycles. The van der Waals surface area contributed by atoms with Crippen molar-refractivity contribution in [2.45, 2.75) is 19.8 Å². The summed E-state index contributed by atoms with van der Waals surface area (Å²) in [5, 5.41) is 0. The number of hydrogen-bond donors (Lipinski definition) is 0. The molecule has 1 aliphatic carbocycles. The molecule has 3 rings (SSSR count). The molecule has 0 radical (unpaired) electrons. The van der Waals surface area contributed by atoms with Crippen LogP contribution in [0.4, 0.5) is 0 Å². The average molecular weight is 351 g/mol. The molecular formula is C16H19BrN2O2. The van der Waals surface area contributed by atoms with Crippen molar-refractivity contribution in [2.24, 2.45) is 5.92 Å². The number of aryl methyl sites for hydroxylation is 1. The number of nitrogens with zero attached hydrogens (tertiary/aromatic N) is 2. The minimum absolute atomic E-state index is 0.0623. The predicted octanol–water partition coefficient (Wildman–Crippen LogP) is 2.45. The number of piperazine rings is 1. The smallest absolute Gasteiger partial charge is 0.254 e. The van der Waals surface area contributed by atoms with E-state index in [1.807, 2.05) is 34.9 Å². The molecule has 0 unspecified atom stereocenters. The van der Waals surface area contributed by atoms with Crippen LogP contribution in [0.5, 0.6) is 0 Å². The van der Waals surface area contributed by atoms with E-state index in [9.17, 15) is 9.59 Å². The van der Waals surface area contributed by atoms with Crippen LogP contribution >= 0.6 is 15.9 Å². The van der Waals surface area contributed by atoms with Gasteiger partial charge in [-0.2, -0.15) is 0 Å². The third-order valence-electron chi connectivity index (χ3n) is 4.24. The summed E-state index contributed by atoms with van der Waals surface area (Å²) in [5.74, 6) is 0.604. The Balaban J connectivity index is 1.64. The summed E-state index contributed by atoms with van der Waals surface area (Å²) in [4.78, 5) is 28.4. The van der Waals surface area contributed by atoms with Gasteiger partial charge in [-0.05, 0) is 37.5 Å². The van der Waals surface area contributed by atoms with Crippen molar-refractivity contribution in [1.29, 1.82) is 0 Å². The molecule has 0 N–H and O–H groups in total. The maximum atomic E-state index is 12.6. The normalized spacial score (nSPS) is 18.8. The summed E-state index contributed by atoms with van der Waals surface area (Å²) in [6, 6.07) is 5.77. The molecule has 0 aromatic heterocycles. The lowest BCUT2D eigenvalue weighted by atomic mass is 10.1. The van der Waals surface area contributed by atoms with E-state index in [1.54, 1.807) is 0 Å². The fraction of sp³-hybridized carbons (Fsp3) is 0.500. The van der Waals surface area contributed by atoms with Crippen LogP contribution in [0, 0.1) is 12.8 Å². The van der Waals surface area contributed by atoms with Crippen molar-refractivity contribution in [3.05, 3.63) is 33.8 Å². The highest BCUT2D eigenvalue weighted by Crippen LogP contribution is 2.31. The van der Waals surface area contributed by atoms with E-state index < -0.39 is 0 Å². The molecule has 0 atom stereocenters. The number of benzene rings is 1. The van der Waals surface area contributed by atoms with E-state index in [0.717, 1.165) is 28.4 Å². The molecule has 0 spiro atoms. The van der Waals surface area contributed by atoms with Crippen molar-refractivity contribution < 1.29 is 9.59 Å². The Bertz CT molecular complexity index is 576. The van der Waals surface area contributed by atoms with E-state index in [2.05, 4.69) is 15.9 Å². The maximum absolute atomic E-state index is 12.6. The zero-order valence-corrected chi connectivity index (χ0v) is 13.7. The van der Waals surface area contributed by atoms with Crippen LogP contribution in [0.15, 0.2) is 22.7 Å². The molecule has 1 aromatic carbocycles. The summed E-state index contributed by atoms with van der Waals surface area (Å²) in [6.45, 7) is 4.53. The maximum Gasteiger partial charge on any atom is 0.254 e. The summed E-state index contributed by atoms with van der Waals surface area (Å²) in [7, 11) is 0. The molecule has 0 bridgehead atoms. The lowest BCUT2D eigenvalue weighted by Gasteiger charge is -2.35. The minimum Gasteiger partial charge on any atom is -0.339 e. The van der Waals surface area contributed by atoms with Gasteiger partial charge in [0.2, 0.25) is 5.91 Å². The number of halogens is 1. The lowest BCUT2D eigenvalue weighted by Crippen LogP contribution is -2.51. The van der Waals surface area contributed by atoms with Gasteiger partial charge in [-0.3, -0.25) is 9.59 Å². The van der Waals surface area contributed by atoms with Crippen LogP contribution in [-0.4, -0.2) is 47.8 Å².